The van der Waals surface area contributed by atoms with Gasteiger partial charge in [-0.1, -0.05) is 38.3 Å². The van der Waals surface area contributed by atoms with Crippen molar-refractivity contribution in [1.29, 1.82) is 0 Å². The van der Waals surface area contributed by atoms with Crippen molar-refractivity contribution in [3.8, 4) is 0 Å². The molecule has 102 valence electrons. The zero-order valence-electron chi connectivity index (χ0n) is 12.3. The lowest BCUT2D eigenvalue weighted by molar-refractivity contribution is -0.133. The fourth-order valence-electron chi connectivity index (χ4n) is 3.31. The van der Waals surface area contributed by atoms with Crippen LogP contribution in [0.5, 0.6) is 0 Å². The van der Waals surface area contributed by atoms with Crippen molar-refractivity contribution in [3.63, 3.8) is 0 Å². The Kier molecular flexibility index (Phi) is 3.84. The number of hydrogen-bond acceptors (Lipinski definition) is 1. The van der Waals surface area contributed by atoms with Crippen LogP contribution >= 0.6 is 0 Å². The Bertz CT molecular complexity index is 344. The van der Waals surface area contributed by atoms with Gasteiger partial charge in [-0.2, -0.15) is 0 Å². The van der Waals surface area contributed by atoms with Gasteiger partial charge in [0, 0.05) is 13.1 Å². The minimum absolute atomic E-state index is 0.167. The lowest BCUT2D eigenvalue weighted by Crippen LogP contribution is -2.34. The van der Waals surface area contributed by atoms with Gasteiger partial charge >= 0.3 is 0 Å². The van der Waals surface area contributed by atoms with Crippen molar-refractivity contribution >= 4 is 5.91 Å². The molecule has 0 bridgehead atoms. The first-order valence-corrected chi connectivity index (χ1v) is 7.38. The van der Waals surface area contributed by atoms with E-state index in [0.29, 0.717) is 11.8 Å². The lowest BCUT2D eigenvalue weighted by Gasteiger charge is -2.21. The molecule has 1 heterocycles. The van der Waals surface area contributed by atoms with Crippen LogP contribution in [-0.2, 0) is 4.79 Å². The van der Waals surface area contributed by atoms with E-state index in [1.165, 1.54) is 31.3 Å². The quantitative estimate of drug-likeness (QED) is 0.684. The maximum absolute atomic E-state index is 12.6. The summed E-state index contributed by atoms with van der Waals surface area (Å²) in [5, 5.41) is 0. The van der Waals surface area contributed by atoms with Crippen molar-refractivity contribution in [1.82, 2.24) is 4.90 Å². The molecule has 0 aromatic rings. The summed E-state index contributed by atoms with van der Waals surface area (Å²) >= 11 is 0. The van der Waals surface area contributed by atoms with Gasteiger partial charge in [-0.25, -0.2) is 0 Å². The highest BCUT2D eigenvalue weighted by Gasteiger charge is 2.61. The van der Waals surface area contributed by atoms with Crippen LogP contribution in [0.1, 0.15) is 53.4 Å². The number of carbonyl (C=O) groups excluding carboxylic acids is 1. The fraction of sp³-hybridized carbons (Fsp3) is 0.812. The van der Waals surface area contributed by atoms with Gasteiger partial charge in [-0.05, 0) is 38.0 Å². The van der Waals surface area contributed by atoms with Gasteiger partial charge in [-0.3, -0.25) is 4.79 Å². The van der Waals surface area contributed by atoms with E-state index >= 15 is 0 Å². The van der Waals surface area contributed by atoms with E-state index in [-0.39, 0.29) is 11.3 Å². The standard InChI is InChI=1S/C16H27NO/c1-12(2)11-13-14(16(13,3)4)15(18)17-9-7-5-6-8-10-17/h11,13-14H,5-10H2,1-4H3/t13-,14-/m1/s1. The Hall–Kier alpha value is -0.790. The SMILES string of the molecule is CC(C)=C[C@@H]1[C@H](C(=O)N2CCCCCC2)C1(C)C. The fourth-order valence-corrected chi connectivity index (χ4v) is 3.31. The summed E-state index contributed by atoms with van der Waals surface area (Å²) in [6.45, 7) is 10.7. The summed E-state index contributed by atoms with van der Waals surface area (Å²) in [5.74, 6) is 1.09. The highest BCUT2D eigenvalue weighted by atomic mass is 16.2. The molecule has 2 nitrogen and oxygen atoms in total. The van der Waals surface area contributed by atoms with Crippen molar-refractivity contribution in [2.75, 3.05) is 13.1 Å². The van der Waals surface area contributed by atoms with Crippen LogP contribution in [0.3, 0.4) is 0 Å². The third-order valence-corrected chi connectivity index (χ3v) is 4.61. The van der Waals surface area contributed by atoms with Crippen LogP contribution in [0.15, 0.2) is 11.6 Å². The van der Waals surface area contributed by atoms with Crippen molar-refractivity contribution in [3.05, 3.63) is 11.6 Å². The van der Waals surface area contributed by atoms with Gasteiger partial charge in [-0.15, -0.1) is 0 Å². The summed E-state index contributed by atoms with van der Waals surface area (Å²) in [5.41, 5.74) is 1.50. The number of likely N-dealkylation sites (tertiary alicyclic amines) is 1. The minimum Gasteiger partial charge on any atom is -0.342 e. The molecule has 2 fully saturated rings. The second kappa shape index (κ2) is 5.07. The largest absolute Gasteiger partial charge is 0.342 e. The average molecular weight is 249 g/mol. The molecule has 18 heavy (non-hydrogen) atoms. The van der Waals surface area contributed by atoms with Crippen LogP contribution in [0.25, 0.3) is 0 Å². The summed E-state index contributed by atoms with van der Waals surface area (Å²) in [6, 6.07) is 0. The van der Waals surface area contributed by atoms with Gasteiger partial charge in [0.05, 0.1) is 5.92 Å². The smallest absolute Gasteiger partial charge is 0.226 e. The number of nitrogens with zero attached hydrogens (tertiary/aromatic N) is 1. The molecule has 1 aliphatic carbocycles. The Morgan fingerprint density at radius 3 is 2.17 bits per heavy atom. The molecule has 1 aliphatic heterocycles. The monoisotopic (exact) mass is 249 g/mol. The zero-order valence-corrected chi connectivity index (χ0v) is 12.3. The summed E-state index contributed by atoms with van der Waals surface area (Å²) in [4.78, 5) is 14.7. The van der Waals surface area contributed by atoms with E-state index in [1.807, 2.05) is 0 Å². The molecule has 1 amide bonds. The first-order chi connectivity index (χ1) is 8.44. The van der Waals surface area contributed by atoms with Crippen LogP contribution in [-0.4, -0.2) is 23.9 Å². The van der Waals surface area contributed by atoms with E-state index in [4.69, 9.17) is 0 Å². The second-order valence-electron chi connectivity index (χ2n) is 6.81. The predicted molar refractivity (Wildman–Crippen MR) is 75.2 cm³/mol. The Morgan fingerprint density at radius 2 is 1.67 bits per heavy atom. The lowest BCUT2D eigenvalue weighted by atomic mass is 10.1. The van der Waals surface area contributed by atoms with E-state index < -0.39 is 0 Å². The molecule has 0 aromatic heterocycles. The summed E-state index contributed by atoms with van der Waals surface area (Å²) in [7, 11) is 0. The molecule has 1 saturated carbocycles. The van der Waals surface area contributed by atoms with Crippen LogP contribution < -0.4 is 0 Å². The second-order valence-corrected chi connectivity index (χ2v) is 6.81. The van der Waals surface area contributed by atoms with Crippen LogP contribution in [0, 0.1) is 17.3 Å². The van der Waals surface area contributed by atoms with E-state index in [0.717, 1.165) is 13.1 Å². The number of carbonyl (C=O) groups is 1. The molecule has 2 aliphatic rings. The maximum atomic E-state index is 12.6. The summed E-state index contributed by atoms with van der Waals surface area (Å²) in [6.07, 6.45) is 7.24. The van der Waals surface area contributed by atoms with Crippen LogP contribution in [0.4, 0.5) is 0 Å². The highest BCUT2D eigenvalue weighted by molar-refractivity contribution is 5.83. The van der Waals surface area contributed by atoms with Gasteiger partial charge in [0.15, 0.2) is 0 Å². The number of rotatable bonds is 2. The van der Waals surface area contributed by atoms with Gasteiger partial charge in [0.2, 0.25) is 5.91 Å². The van der Waals surface area contributed by atoms with Crippen molar-refractivity contribution < 1.29 is 4.79 Å². The Morgan fingerprint density at radius 1 is 1.11 bits per heavy atom. The molecular formula is C16H27NO. The average Bonchev–Trinajstić information content (AvgIpc) is 2.91. The number of hydrogen-bond donors (Lipinski definition) is 0. The predicted octanol–water partition coefficient (Wildman–Crippen LogP) is 3.63. The van der Waals surface area contributed by atoms with E-state index in [9.17, 15) is 4.79 Å². The van der Waals surface area contributed by atoms with Gasteiger partial charge < -0.3 is 4.90 Å². The van der Waals surface area contributed by atoms with Gasteiger partial charge in [0.1, 0.15) is 0 Å². The molecule has 2 heteroatoms. The van der Waals surface area contributed by atoms with Crippen LogP contribution in [0.2, 0.25) is 0 Å². The summed E-state index contributed by atoms with van der Waals surface area (Å²) < 4.78 is 0. The first kappa shape index (κ1) is 13.6. The topological polar surface area (TPSA) is 20.3 Å². The molecule has 2 rings (SSSR count). The van der Waals surface area contributed by atoms with Crippen molar-refractivity contribution in [2.24, 2.45) is 17.3 Å². The Labute approximate surface area is 111 Å². The molecule has 2 atom stereocenters. The third kappa shape index (κ3) is 2.62. The third-order valence-electron chi connectivity index (χ3n) is 4.61. The van der Waals surface area contributed by atoms with Gasteiger partial charge in [0.25, 0.3) is 0 Å². The number of allylic oxidation sites excluding steroid dienone is 2. The molecular weight excluding hydrogens is 222 g/mol. The molecule has 0 radical (unpaired) electrons. The minimum atomic E-state index is 0.167. The molecule has 1 saturated heterocycles. The Balaban J connectivity index is 2.03. The van der Waals surface area contributed by atoms with E-state index in [2.05, 4.69) is 38.7 Å². The van der Waals surface area contributed by atoms with E-state index in [1.54, 1.807) is 0 Å². The molecule has 0 spiro atoms. The normalized spacial score (nSPS) is 30.6. The maximum Gasteiger partial charge on any atom is 0.226 e. The molecule has 0 N–H and O–H groups in total. The first-order valence-electron chi connectivity index (χ1n) is 7.38. The highest BCUT2D eigenvalue weighted by Crippen LogP contribution is 2.60. The zero-order chi connectivity index (χ0) is 13.3. The van der Waals surface area contributed by atoms with Crippen molar-refractivity contribution in [2.45, 2.75) is 53.4 Å². The number of amides is 1. The molecule has 0 aromatic carbocycles. The molecule has 0 unspecified atom stereocenters.